The average molecular weight is 257 g/mol. The fourth-order valence-electron chi connectivity index (χ4n) is 2.33. The predicted octanol–water partition coefficient (Wildman–Crippen LogP) is 0.979. The summed E-state index contributed by atoms with van der Waals surface area (Å²) >= 11 is 0. The van der Waals surface area contributed by atoms with E-state index in [9.17, 15) is 9.90 Å². The maximum atomic E-state index is 11.5. The van der Waals surface area contributed by atoms with Gasteiger partial charge in [-0.1, -0.05) is 12.8 Å². The van der Waals surface area contributed by atoms with Crippen LogP contribution < -0.4 is 16.0 Å². The SMILES string of the molecule is CC(C)(C)NC(=O)NCCNC1(CO)CCCC1. The first-order valence-corrected chi connectivity index (χ1v) is 6.79. The summed E-state index contributed by atoms with van der Waals surface area (Å²) < 4.78 is 0. The number of aliphatic hydroxyl groups is 1. The van der Waals surface area contributed by atoms with Crippen molar-refractivity contribution in [2.45, 2.75) is 57.5 Å². The summed E-state index contributed by atoms with van der Waals surface area (Å²) in [6.45, 7) is 7.29. The van der Waals surface area contributed by atoms with Crippen molar-refractivity contribution in [3.63, 3.8) is 0 Å². The second kappa shape index (κ2) is 6.38. The summed E-state index contributed by atoms with van der Waals surface area (Å²) in [4.78, 5) is 11.5. The van der Waals surface area contributed by atoms with E-state index in [1.807, 2.05) is 20.8 Å². The van der Waals surface area contributed by atoms with Crippen molar-refractivity contribution in [3.8, 4) is 0 Å². The first kappa shape index (κ1) is 15.2. The minimum atomic E-state index is -0.213. The summed E-state index contributed by atoms with van der Waals surface area (Å²) in [5.74, 6) is 0. The molecule has 0 aromatic carbocycles. The van der Waals surface area contributed by atoms with Gasteiger partial charge >= 0.3 is 6.03 Å². The zero-order chi connectivity index (χ0) is 13.6. The van der Waals surface area contributed by atoms with Gasteiger partial charge in [-0.05, 0) is 33.6 Å². The van der Waals surface area contributed by atoms with Gasteiger partial charge in [0.1, 0.15) is 0 Å². The topological polar surface area (TPSA) is 73.4 Å². The highest BCUT2D eigenvalue weighted by Gasteiger charge is 2.32. The lowest BCUT2D eigenvalue weighted by Crippen LogP contribution is -2.51. The summed E-state index contributed by atoms with van der Waals surface area (Å²) in [5.41, 5.74) is -0.322. The maximum absolute atomic E-state index is 11.5. The van der Waals surface area contributed by atoms with Crippen LogP contribution in [0, 0.1) is 0 Å². The zero-order valence-corrected chi connectivity index (χ0v) is 11.8. The van der Waals surface area contributed by atoms with Crippen molar-refractivity contribution in [1.82, 2.24) is 16.0 Å². The highest BCUT2D eigenvalue weighted by atomic mass is 16.3. The van der Waals surface area contributed by atoms with Crippen LogP contribution in [0.15, 0.2) is 0 Å². The number of rotatable bonds is 5. The molecule has 0 atom stereocenters. The fourth-order valence-corrected chi connectivity index (χ4v) is 2.33. The summed E-state index contributed by atoms with van der Waals surface area (Å²) in [7, 11) is 0. The number of aliphatic hydroxyl groups excluding tert-OH is 1. The van der Waals surface area contributed by atoms with Crippen molar-refractivity contribution >= 4 is 6.03 Å². The molecule has 1 fully saturated rings. The van der Waals surface area contributed by atoms with E-state index in [1.165, 1.54) is 12.8 Å². The molecule has 0 saturated heterocycles. The summed E-state index contributed by atoms with van der Waals surface area (Å²) in [6, 6.07) is -0.145. The number of hydrogen-bond donors (Lipinski definition) is 4. The van der Waals surface area contributed by atoms with Crippen molar-refractivity contribution in [3.05, 3.63) is 0 Å². The molecule has 0 spiro atoms. The van der Waals surface area contributed by atoms with E-state index in [0.717, 1.165) is 12.8 Å². The minimum Gasteiger partial charge on any atom is -0.394 e. The molecule has 1 rings (SSSR count). The Labute approximate surface area is 110 Å². The van der Waals surface area contributed by atoms with Crippen LogP contribution in [-0.4, -0.2) is 41.9 Å². The van der Waals surface area contributed by atoms with Crippen molar-refractivity contribution in [2.24, 2.45) is 0 Å². The smallest absolute Gasteiger partial charge is 0.315 e. The van der Waals surface area contributed by atoms with Crippen molar-refractivity contribution in [2.75, 3.05) is 19.7 Å². The Bertz CT molecular complexity index is 268. The van der Waals surface area contributed by atoms with Crippen LogP contribution in [0.2, 0.25) is 0 Å². The Hall–Kier alpha value is -0.810. The van der Waals surface area contributed by atoms with Gasteiger partial charge < -0.3 is 21.1 Å². The van der Waals surface area contributed by atoms with E-state index in [4.69, 9.17) is 0 Å². The summed E-state index contributed by atoms with van der Waals surface area (Å²) in [6.07, 6.45) is 4.40. The molecule has 5 nitrogen and oxygen atoms in total. The van der Waals surface area contributed by atoms with Gasteiger partial charge in [-0.25, -0.2) is 4.79 Å². The van der Waals surface area contributed by atoms with Crippen LogP contribution in [-0.2, 0) is 0 Å². The highest BCUT2D eigenvalue weighted by Crippen LogP contribution is 2.28. The molecule has 0 unspecified atom stereocenters. The van der Waals surface area contributed by atoms with Gasteiger partial charge in [-0.15, -0.1) is 0 Å². The number of nitrogens with one attached hydrogen (secondary N) is 3. The van der Waals surface area contributed by atoms with Gasteiger partial charge in [-0.2, -0.15) is 0 Å². The molecule has 1 aliphatic rings. The van der Waals surface area contributed by atoms with E-state index in [-0.39, 0.29) is 23.7 Å². The lowest BCUT2D eigenvalue weighted by molar-refractivity contribution is 0.165. The van der Waals surface area contributed by atoms with Crippen LogP contribution in [0.1, 0.15) is 46.5 Å². The van der Waals surface area contributed by atoms with Gasteiger partial charge in [0.25, 0.3) is 0 Å². The molecule has 0 heterocycles. The lowest BCUT2D eigenvalue weighted by atomic mass is 9.99. The van der Waals surface area contributed by atoms with Gasteiger partial charge in [0.05, 0.1) is 6.61 Å². The molecular formula is C13H27N3O2. The third-order valence-corrected chi connectivity index (χ3v) is 3.26. The monoisotopic (exact) mass is 257 g/mol. The van der Waals surface area contributed by atoms with Crippen LogP contribution in [0.25, 0.3) is 0 Å². The van der Waals surface area contributed by atoms with E-state index in [1.54, 1.807) is 0 Å². The number of amides is 2. The second-order valence-electron chi connectivity index (χ2n) is 6.20. The number of urea groups is 1. The number of hydrogen-bond acceptors (Lipinski definition) is 3. The normalized spacial score (nSPS) is 18.7. The average Bonchev–Trinajstić information content (AvgIpc) is 2.71. The van der Waals surface area contributed by atoms with Gasteiger partial charge in [0.15, 0.2) is 0 Å². The van der Waals surface area contributed by atoms with Crippen molar-refractivity contribution < 1.29 is 9.90 Å². The first-order chi connectivity index (χ1) is 8.37. The highest BCUT2D eigenvalue weighted by molar-refractivity contribution is 5.74. The number of carbonyl (C=O) groups excluding carboxylic acids is 1. The molecule has 4 N–H and O–H groups in total. The van der Waals surface area contributed by atoms with Gasteiger partial charge in [0, 0.05) is 24.2 Å². The van der Waals surface area contributed by atoms with Crippen LogP contribution in [0.3, 0.4) is 0 Å². The standard InChI is InChI=1S/C13H27N3O2/c1-12(2,3)16-11(18)14-8-9-15-13(10-17)6-4-5-7-13/h15,17H,4-10H2,1-3H3,(H2,14,16,18). The van der Waals surface area contributed by atoms with E-state index >= 15 is 0 Å². The third-order valence-electron chi connectivity index (χ3n) is 3.26. The Morgan fingerprint density at radius 2 is 1.83 bits per heavy atom. The quantitative estimate of drug-likeness (QED) is 0.555. The predicted molar refractivity (Wildman–Crippen MR) is 72.6 cm³/mol. The van der Waals surface area contributed by atoms with Crippen LogP contribution in [0.4, 0.5) is 4.79 Å². The Balaban J connectivity index is 2.16. The lowest BCUT2D eigenvalue weighted by Gasteiger charge is -2.28. The van der Waals surface area contributed by atoms with Crippen LogP contribution in [0.5, 0.6) is 0 Å². The molecule has 0 aromatic rings. The Kier molecular flexibility index (Phi) is 5.41. The molecule has 1 aliphatic carbocycles. The molecule has 106 valence electrons. The Morgan fingerprint density at radius 3 is 2.33 bits per heavy atom. The molecule has 0 aliphatic heterocycles. The molecular weight excluding hydrogens is 230 g/mol. The van der Waals surface area contributed by atoms with Crippen molar-refractivity contribution in [1.29, 1.82) is 0 Å². The second-order valence-corrected chi connectivity index (χ2v) is 6.20. The molecule has 0 aromatic heterocycles. The Morgan fingerprint density at radius 1 is 1.22 bits per heavy atom. The first-order valence-electron chi connectivity index (χ1n) is 6.79. The number of carbonyl (C=O) groups is 1. The maximum Gasteiger partial charge on any atom is 0.315 e. The van der Waals surface area contributed by atoms with E-state index < -0.39 is 0 Å². The minimum absolute atomic E-state index is 0.109. The zero-order valence-electron chi connectivity index (χ0n) is 11.8. The molecule has 5 heteroatoms. The van der Waals surface area contributed by atoms with E-state index in [0.29, 0.717) is 13.1 Å². The third kappa shape index (κ3) is 5.23. The van der Waals surface area contributed by atoms with E-state index in [2.05, 4.69) is 16.0 Å². The molecule has 18 heavy (non-hydrogen) atoms. The molecule has 0 radical (unpaired) electrons. The molecule has 2 amide bonds. The van der Waals surface area contributed by atoms with Gasteiger partial charge in [0.2, 0.25) is 0 Å². The molecule has 1 saturated carbocycles. The van der Waals surface area contributed by atoms with Crippen LogP contribution >= 0.6 is 0 Å². The fraction of sp³-hybridized carbons (Fsp3) is 0.923. The largest absolute Gasteiger partial charge is 0.394 e. The summed E-state index contributed by atoms with van der Waals surface area (Å²) in [5, 5.41) is 18.4. The van der Waals surface area contributed by atoms with Gasteiger partial charge in [-0.3, -0.25) is 0 Å². The molecule has 0 bridgehead atoms.